The molecule has 0 spiro atoms. The summed E-state index contributed by atoms with van der Waals surface area (Å²) in [6.07, 6.45) is -4.38. The number of hydrogen-bond donors (Lipinski definition) is 1. The maximum Gasteiger partial charge on any atom is 0.463 e. The molecule has 10 heteroatoms. The number of ether oxygens (including phenoxy) is 1. The average molecular weight is 360 g/mol. The van der Waals surface area contributed by atoms with Crippen molar-refractivity contribution in [1.29, 1.82) is 0 Å². The topological polar surface area (TPSA) is 50.8 Å². The fourth-order valence-corrected chi connectivity index (χ4v) is 2.33. The van der Waals surface area contributed by atoms with Gasteiger partial charge in [-0.1, -0.05) is 35.0 Å². The largest absolute Gasteiger partial charge is 0.463 e. The van der Waals surface area contributed by atoms with E-state index >= 15 is 0 Å². The van der Waals surface area contributed by atoms with E-state index in [9.17, 15) is 13.2 Å². The van der Waals surface area contributed by atoms with Crippen molar-refractivity contribution in [2.45, 2.75) is 10.7 Å². The Labute approximate surface area is 133 Å². The van der Waals surface area contributed by atoms with Gasteiger partial charge < -0.3 is 4.74 Å². The normalized spacial score (nSPS) is 15.8. The van der Waals surface area contributed by atoms with E-state index in [1.807, 2.05) is 0 Å². The Morgan fingerprint density at radius 1 is 1.24 bits per heavy atom. The summed E-state index contributed by atoms with van der Waals surface area (Å²) in [5.41, 5.74) is 0.516. The molecule has 21 heavy (non-hydrogen) atoms. The molecule has 1 aromatic carbocycles. The molecule has 0 aromatic heterocycles. The maximum absolute atomic E-state index is 13.2. The van der Waals surface area contributed by atoms with Crippen LogP contribution < -0.4 is 15.6 Å². The van der Waals surface area contributed by atoms with Gasteiger partial charge in [0.25, 0.3) is 0 Å². The van der Waals surface area contributed by atoms with Crippen LogP contribution in [0.5, 0.6) is 5.75 Å². The summed E-state index contributed by atoms with van der Waals surface area (Å²) in [6, 6.07) is 5.25. The van der Waals surface area contributed by atoms with Gasteiger partial charge in [0, 0.05) is 5.75 Å². The quantitative estimate of drug-likeness (QED) is 0.507. The summed E-state index contributed by atoms with van der Waals surface area (Å²) in [4.78, 5) is 4.17. The SMILES string of the molecule is NN(C1=NCCS1)c1ccc(OC(F)(F)C(F)(Cl)Cl)cc1. The number of thioether (sulfide) groups is 1. The summed E-state index contributed by atoms with van der Waals surface area (Å²) in [7, 11) is 0. The first kappa shape index (κ1) is 16.5. The molecule has 0 saturated carbocycles. The third-order valence-corrected chi connectivity index (χ3v) is 3.88. The Hall–Kier alpha value is -0.830. The van der Waals surface area contributed by atoms with Crippen LogP contribution in [0.15, 0.2) is 29.3 Å². The second-order valence-corrected chi connectivity index (χ2v) is 6.29. The minimum absolute atomic E-state index is 0.304. The Morgan fingerprint density at radius 3 is 2.33 bits per heavy atom. The fraction of sp³-hybridized carbons (Fsp3) is 0.364. The molecule has 1 heterocycles. The molecule has 1 aliphatic heterocycles. The maximum atomic E-state index is 13.2. The predicted molar refractivity (Wildman–Crippen MR) is 79.0 cm³/mol. The van der Waals surface area contributed by atoms with Gasteiger partial charge in [-0.15, -0.1) is 0 Å². The van der Waals surface area contributed by atoms with Crippen molar-refractivity contribution in [3.8, 4) is 5.75 Å². The van der Waals surface area contributed by atoms with Crippen molar-refractivity contribution in [1.82, 2.24) is 0 Å². The van der Waals surface area contributed by atoms with Crippen LogP contribution in [0.25, 0.3) is 0 Å². The number of benzene rings is 1. The second kappa shape index (κ2) is 6.12. The van der Waals surface area contributed by atoms with E-state index in [1.165, 1.54) is 41.0 Å². The second-order valence-electron chi connectivity index (χ2n) is 3.99. The molecule has 0 radical (unpaired) electrons. The lowest BCUT2D eigenvalue weighted by molar-refractivity contribution is -0.211. The molecule has 0 bridgehead atoms. The summed E-state index contributed by atoms with van der Waals surface area (Å²) < 4.78 is 39.6. The number of nitrogens with zero attached hydrogens (tertiary/aromatic N) is 2. The molecule has 0 saturated heterocycles. The number of nitrogens with two attached hydrogens (primary N) is 1. The van der Waals surface area contributed by atoms with E-state index in [0.717, 1.165) is 5.75 Å². The molecule has 2 rings (SSSR count). The first-order valence-corrected chi connectivity index (χ1v) is 7.40. The summed E-state index contributed by atoms with van der Waals surface area (Å²) in [5, 5.41) is 1.94. The van der Waals surface area contributed by atoms with Gasteiger partial charge in [0.1, 0.15) is 5.75 Å². The van der Waals surface area contributed by atoms with Gasteiger partial charge in [-0.05, 0) is 24.3 Å². The molecule has 0 fully saturated rings. The number of rotatable bonds is 4. The zero-order valence-corrected chi connectivity index (χ0v) is 12.7. The van der Waals surface area contributed by atoms with Crippen molar-refractivity contribution >= 4 is 45.8 Å². The monoisotopic (exact) mass is 359 g/mol. The number of hydrogen-bond acceptors (Lipinski definition) is 5. The lowest BCUT2D eigenvalue weighted by Gasteiger charge is -2.23. The van der Waals surface area contributed by atoms with Gasteiger partial charge in [0.05, 0.1) is 12.2 Å². The smallest absolute Gasteiger partial charge is 0.428 e. The summed E-state index contributed by atoms with van der Waals surface area (Å²) in [5.74, 6) is 6.37. The lowest BCUT2D eigenvalue weighted by Crippen LogP contribution is -2.40. The van der Waals surface area contributed by atoms with Crippen LogP contribution in [-0.4, -0.2) is 28.2 Å². The molecule has 0 aliphatic carbocycles. The minimum Gasteiger partial charge on any atom is -0.428 e. The molecule has 1 aromatic rings. The molecule has 1 aliphatic rings. The zero-order valence-electron chi connectivity index (χ0n) is 10.4. The highest BCUT2D eigenvalue weighted by Gasteiger charge is 2.56. The first-order chi connectivity index (χ1) is 9.71. The first-order valence-electron chi connectivity index (χ1n) is 5.66. The van der Waals surface area contributed by atoms with Gasteiger partial charge in [-0.25, -0.2) is 5.84 Å². The molecular formula is C11H10Cl2F3N3OS. The van der Waals surface area contributed by atoms with E-state index in [1.54, 1.807) is 0 Å². The number of hydrazine groups is 1. The van der Waals surface area contributed by atoms with Crippen molar-refractivity contribution in [3.05, 3.63) is 24.3 Å². The van der Waals surface area contributed by atoms with E-state index in [0.29, 0.717) is 17.4 Å². The Bertz CT molecular complexity index is 537. The third kappa shape index (κ3) is 3.88. The highest BCUT2D eigenvalue weighted by molar-refractivity contribution is 8.14. The van der Waals surface area contributed by atoms with Gasteiger partial charge in [0.15, 0.2) is 5.17 Å². The summed E-state index contributed by atoms with van der Waals surface area (Å²) >= 11 is 10.9. The van der Waals surface area contributed by atoms with Crippen molar-refractivity contribution in [2.75, 3.05) is 17.3 Å². The van der Waals surface area contributed by atoms with Crippen LogP contribution in [0.1, 0.15) is 0 Å². The van der Waals surface area contributed by atoms with Gasteiger partial charge >= 0.3 is 10.7 Å². The third-order valence-electron chi connectivity index (χ3n) is 2.47. The van der Waals surface area contributed by atoms with Crippen LogP contribution in [0.2, 0.25) is 0 Å². The predicted octanol–water partition coefficient (Wildman–Crippen LogP) is 3.54. The summed E-state index contributed by atoms with van der Waals surface area (Å²) in [6.45, 7) is 0.672. The zero-order chi connectivity index (χ0) is 15.7. The van der Waals surface area contributed by atoms with E-state index in [2.05, 4.69) is 9.73 Å². The van der Waals surface area contributed by atoms with Crippen LogP contribution in [0, 0.1) is 0 Å². The highest BCUT2D eigenvalue weighted by atomic mass is 35.5. The molecule has 0 unspecified atom stereocenters. The fourth-order valence-electron chi connectivity index (χ4n) is 1.46. The number of alkyl halides is 5. The molecule has 0 amide bonds. The van der Waals surface area contributed by atoms with Crippen molar-refractivity contribution in [2.24, 2.45) is 10.8 Å². The number of anilines is 1. The van der Waals surface area contributed by atoms with Crippen LogP contribution >= 0.6 is 35.0 Å². The number of amidine groups is 1. The van der Waals surface area contributed by atoms with Crippen molar-refractivity contribution < 1.29 is 17.9 Å². The average Bonchev–Trinajstić information content (AvgIpc) is 2.91. The highest BCUT2D eigenvalue weighted by Crippen LogP contribution is 2.41. The molecule has 116 valence electrons. The lowest BCUT2D eigenvalue weighted by atomic mass is 10.3. The molecule has 4 nitrogen and oxygen atoms in total. The van der Waals surface area contributed by atoms with Crippen LogP contribution in [0.4, 0.5) is 18.9 Å². The molecule has 0 atom stereocenters. The standard InChI is InChI=1S/C11H10Cl2F3N3OS/c12-10(13,14)11(15,16)20-8-3-1-7(2-4-8)19(17)9-18-5-6-21-9/h1-4H,5-6,17H2. The van der Waals surface area contributed by atoms with E-state index < -0.39 is 10.7 Å². The van der Waals surface area contributed by atoms with Gasteiger partial charge in [0.2, 0.25) is 0 Å². The Balaban J connectivity index is 2.09. The number of aliphatic imine (C=N–C) groups is 1. The number of halogens is 5. The van der Waals surface area contributed by atoms with E-state index in [4.69, 9.17) is 29.0 Å². The van der Waals surface area contributed by atoms with Gasteiger partial charge in [-0.2, -0.15) is 13.2 Å². The minimum atomic E-state index is -4.38. The Morgan fingerprint density at radius 2 is 1.86 bits per heavy atom. The van der Waals surface area contributed by atoms with Crippen LogP contribution in [-0.2, 0) is 0 Å². The van der Waals surface area contributed by atoms with E-state index in [-0.39, 0.29) is 5.75 Å². The Kier molecular flexibility index (Phi) is 4.82. The van der Waals surface area contributed by atoms with Gasteiger partial charge in [-0.3, -0.25) is 10.0 Å². The molecular weight excluding hydrogens is 350 g/mol. The van der Waals surface area contributed by atoms with Crippen LogP contribution in [0.3, 0.4) is 0 Å². The van der Waals surface area contributed by atoms with Crippen molar-refractivity contribution in [3.63, 3.8) is 0 Å². The molecule has 2 N–H and O–H groups in total.